The lowest BCUT2D eigenvalue weighted by Crippen LogP contribution is -2.20. The van der Waals surface area contributed by atoms with Crippen LogP contribution in [0, 0.1) is 0 Å². The van der Waals surface area contributed by atoms with E-state index in [1.807, 2.05) is 31.2 Å². The molecule has 0 fully saturated rings. The van der Waals surface area contributed by atoms with Crippen LogP contribution in [-0.4, -0.2) is 30.2 Å². The van der Waals surface area contributed by atoms with Gasteiger partial charge in [-0.05, 0) is 48.7 Å². The molecule has 2 aromatic rings. The second-order valence-electron chi connectivity index (χ2n) is 5.67. The van der Waals surface area contributed by atoms with Crippen molar-refractivity contribution in [3.63, 3.8) is 0 Å². The maximum absolute atomic E-state index is 12.0. The Labute approximate surface area is 152 Å². The summed E-state index contributed by atoms with van der Waals surface area (Å²) in [5.74, 6) is 0.262. The highest BCUT2D eigenvalue weighted by molar-refractivity contribution is 5.91. The summed E-state index contributed by atoms with van der Waals surface area (Å²) < 4.78 is 11.0. The van der Waals surface area contributed by atoms with Crippen LogP contribution in [0.2, 0.25) is 0 Å². The average molecular weight is 357 g/mol. The fourth-order valence-corrected chi connectivity index (χ4v) is 2.33. The number of para-hydroxylation sites is 1. The molecular formula is C20H23NO5. The van der Waals surface area contributed by atoms with E-state index in [1.54, 1.807) is 24.3 Å². The molecule has 0 atom stereocenters. The number of carboxylic acids is 1. The van der Waals surface area contributed by atoms with Crippen molar-refractivity contribution < 1.29 is 24.2 Å². The first-order valence-corrected chi connectivity index (χ1v) is 8.53. The van der Waals surface area contributed by atoms with E-state index in [9.17, 15) is 9.59 Å². The van der Waals surface area contributed by atoms with Gasteiger partial charge in [-0.1, -0.05) is 25.1 Å². The van der Waals surface area contributed by atoms with Crippen molar-refractivity contribution in [2.24, 2.45) is 0 Å². The minimum Gasteiger partial charge on any atom is -0.494 e. The fraction of sp³-hybridized carbons (Fsp3) is 0.300. The third kappa shape index (κ3) is 6.47. The van der Waals surface area contributed by atoms with Crippen LogP contribution in [0.5, 0.6) is 11.5 Å². The average Bonchev–Trinajstić information content (AvgIpc) is 2.65. The van der Waals surface area contributed by atoms with Gasteiger partial charge in [0, 0.05) is 12.1 Å². The summed E-state index contributed by atoms with van der Waals surface area (Å²) in [5.41, 5.74) is 1.70. The van der Waals surface area contributed by atoms with Crippen molar-refractivity contribution >= 4 is 17.6 Å². The Hall–Kier alpha value is -3.02. The molecule has 0 aliphatic rings. The number of carbonyl (C=O) groups excluding carboxylic acids is 1. The van der Waals surface area contributed by atoms with Gasteiger partial charge in [0.2, 0.25) is 0 Å². The van der Waals surface area contributed by atoms with Gasteiger partial charge in [-0.3, -0.25) is 9.59 Å². The quantitative estimate of drug-likeness (QED) is 0.636. The molecule has 0 aliphatic heterocycles. The molecule has 0 saturated heterocycles. The SMILES string of the molecule is CCc1ccccc1OCC(=O)Nc1ccc(OCCCC(=O)O)cc1. The van der Waals surface area contributed by atoms with Crippen LogP contribution in [0.3, 0.4) is 0 Å². The van der Waals surface area contributed by atoms with E-state index in [0.717, 1.165) is 17.7 Å². The Morgan fingerprint density at radius 3 is 2.46 bits per heavy atom. The van der Waals surface area contributed by atoms with Gasteiger partial charge < -0.3 is 19.9 Å². The van der Waals surface area contributed by atoms with Gasteiger partial charge in [0.15, 0.2) is 6.61 Å². The fourth-order valence-electron chi connectivity index (χ4n) is 2.33. The van der Waals surface area contributed by atoms with E-state index in [4.69, 9.17) is 14.6 Å². The number of carboxylic acid groups (broad SMARTS) is 1. The summed E-state index contributed by atoms with van der Waals surface area (Å²) in [7, 11) is 0. The van der Waals surface area contributed by atoms with E-state index in [0.29, 0.717) is 24.5 Å². The van der Waals surface area contributed by atoms with Crippen molar-refractivity contribution in [2.45, 2.75) is 26.2 Å². The molecule has 1 amide bonds. The zero-order valence-electron chi connectivity index (χ0n) is 14.7. The highest BCUT2D eigenvalue weighted by atomic mass is 16.5. The van der Waals surface area contributed by atoms with Gasteiger partial charge >= 0.3 is 5.97 Å². The zero-order valence-corrected chi connectivity index (χ0v) is 14.7. The summed E-state index contributed by atoms with van der Waals surface area (Å²) >= 11 is 0. The lowest BCUT2D eigenvalue weighted by Gasteiger charge is -2.11. The number of amides is 1. The second kappa shape index (κ2) is 10.1. The van der Waals surface area contributed by atoms with Crippen LogP contribution in [0.15, 0.2) is 48.5 Å². The third-order valence-electron chi connectivity index (χ3n) is 3.65. The zero-order chi connectivity index (χ0) is 18.8. The number of aryl methyl sites for hydroxylation is 1. The van der Waals surface area contributed by atoms with Gasteiger partial charge in [-0.2, -0.15) is 0 Å². The Morgan fingerprint density at radius 1 is 1.04 bits per heavy atom. The lowest BCUT2D eigenvalue weighted by molar-refractivity contribution is -0.137. The molecule has 0 saturated carbocycles. The van der Waals surface area contributed by atoms with Gasteiger partial charge in [-0.25, -0.2) is 0 Å². The Balaban J connectivity index is 1.77. The van der Waals surface area contributed by atoms with E-state index < -0.39 is 5.97 Å². The molecule has 2 aromatic carbocycles. The molecule has 138 valence electrons. The summed E-state index contributed by atoms with van der Waals surface area (Å²) in [5, 5.41) is 11.3. The molecular weight excluding hydrogens is 334 g/mol. The van der Waals surface area contributed by atoms with Gasteiger partial charge in [-0.15, -0.1) is 0 Å². The number of anilines is 1. The Morgan fingerprint density at radius 2 is 1.77 bits per heavy atom. The predicted octanol–water partition coefficient (Wildman–Crippen LogP) is 3.51. The van der Waals surface area contributed by atoms with Crippen molar-refractivity contribution in [1.29, 1.82) is 0 Å². The molecule has 26 heavy (non-hydrogen) atoms. The van der Waals surface area contributed by atoms with Crippen LogP contribution >= 0.6 is 0 Å². The number of carbonyl (C=O) groups is 2. The molecule has 0 spiro atoms. The third-order valence-corrected chi connectivity index (χ3v) is 3.65. The molecule has 6 nitrogen and oxygen atoms in total. The van der Waals surface area contributed by atoms with Crippen LogP contribution in [0.1, 0.15) is 25.3 Å². The molecule has 0 unspecified atom stereocenters. The first kappa shape index (κ1) is 19.3. The van der Waals surface area contributed by atoms with Gasteiger partial charge in [0.05, 0.1) is 6.61 Å². The number of aliphatic carboxylic acids is 1. The van der Waals surface area contributed by atoms with E-state index in [-0.39, 0.29) is 18.9 Å². The number of benzene rings is 2. The molecule has 2 rings (SSSR count). The van der Waals surface area contributed by atoms with E-state index in [1.165, 1.54) is 0 Å². The first-order chi connectivity index (χ1) is 12.6. The van der Waals surface area contributed by atoms with Crippen molar-refractivity contribution in [3.8, 4) is 11.5 Å². The Bertz CT molecular complexity index is 727. The maximum Gasteiger partial charge on any atom is 0.303 e. The Kier molecular flexibility index (Phi) is 7.49. The molecule has 0 heterocycles. The summed E-state index contributed by atoms with van der Waals surface area (Å²) in [4.78, 5) is 22.5. The number of rotatable bonds is 10. The van der Waals surface area contributed by atoms with Crippen LogP contribution in [0.4, 0.5) is 5.69 Å². The number of nitrogens with one attached hydrogen (secondary N) is 1. The minimum absolute atomic E-state index is 0.0650. The van der Waals surface area contributed by atoms with Crippen molar-refractivity contribution in [3.05, 3.63) is 54.1 Å². The van der Waals surface area contributed by atoms with Gasteiger partial charge in [0.25, 0.3) is 5.91 Å². The first-order valence-electron chi connectivity index (χ1n) is 8.53. The van der Waals surface area contributed by atoms with E-state index >= 15 is 0 Å². The lowest BCUT2D eigenvalue weighted by atomic mass is 10.1. The van der Waals surface area contributed by atoms with Gasteiger partial charge in [0.1, 0.15) is 11.5 Å². The summed E-state index contributed by atoms with van der Waals surface area (Å²) in [6.07, 6.45) is 1.37. The topological polar surface area (TPSA) is 84.9 Å². The molecule has 2 N–H and O–H groups in total. The number of ether oxygens (including phenoxy) is 2. The second-order valence-corrected chi connectivity index (χ2v) is 5.67. The van der Waals surface area contributed by atoms with Crippen LogP contribution in [0.25, 0.3) is 0 Å². The number of hydrogen-bond acceptors (Lipinski definition) is 4. The molecule has 0 aliphatic carbocycles. The summed E-state index contributed by atoms with van der Waals surface area (Å²) in [6.45, 7) is 2.31. The highest BCUT2D eigenvalue weighted by Crippen LogP contribution is 2.19. The smallest absolute Gasteiger partial charge is 0.303 e. The highest BCUT2D eigenvalue weighted by Gasteiger charge is 2.06. The monoisotopic (exact) mass is 357 g/mol. The minimum atomic E-state index is -0.838. The van der Waals surface area contributed by atoms with Crippen LogP contribution < -0.4 is 14.8 Å². The maximum atomic E-state index is 12.0. The molecule has 0 radical (unpaired) electrons. The number of hydrogen-bond donors (Lipinski definition) is 2. The van der Waals surface area contributed by atoms with E-state index in [2.05, 4.69) is 5.32 Å². The molecule has 6 heteroatoms. The standard InChI is InChI=1S/C20H23NO5/c1-2-15-6-3-4-7-18(15)26-14-19(22)21-16-9-11-17(12-10-16)25-13-5-8-20(23)24/h3-4,6-7,9-12H,2,5,8,13-14H2,1H3,(H,21,22)(H,23,24). The van der Waals surface area contributed by atoms with Crippen molar-refractivity contribution in [2.75, 3.05) is 18.5 Å². The predicted molar refractivity (Wildman–Crippen MR) is 98.8 cm³/mol. The molecule has 0 bridgehead atoms. The van der Waals surface area contributed by atoms with Crippen LogP contribution in [-0.2, 0) is 16.0 Å². The molecule has 0 aromatic heterocycles. The van der Waals surface area contributed by atoms with Crippen molar-refractivity contribution in [1.82, 2.24) is 0 Å². The largest absolute Gasteiger partial charge is 0.494 e. The summed E-state index contributed by atoms with van der Waals surface area (Å²) in [6, 6.07) is 14.5. The normalized spacial score (nSPS) is 10.2.